The molecule has 2 rings (SSSR count). The first kappa shape index (κ1) is 17.5. The molecule has 23 heavy (non-hydrogen) atoms. The average Bonchev–Trinajstić information content (AvgIpc) is 2.58. The van der Waals surface area contributed by atoms with Crippen molar-refractivity contribution >= 4 is 0 Å². The van der Waals surface area contributed by atoms with Crippen LogP contribution in [0.15, 0.2) is 48.5 Å². The largest absolute Gasteiger partial charge is 0.493 e. The van der Waals surface area contributed by atoms with E-state index in [-0.39, 0.29) is 11.7 Å². The molecule has 1 atom stereocenters. The van der Waals surface area contributed by atoms with Crippen LogP contribution in [0.2, 0.25) is 0 Å². The third-order valence-corrected chi connectivity index (χ3v) is 4.07. The van der Waals surface area contributed by atoms with Crippen LogP contribution in [-0.2, 0) is 6.42 Å². The minimum absolute atomic E-state index is 0.163. The monoisotopic (exact) mass is 315 g/mol. The van der Waals surface area contributed by atoms with Crippen molar-refractivity contribution in [3.05, 3.63) is 65.5 Å². The second-order valence-corrected chi connectivity index (χ2v) is 5.85. The summed E-state index contributed by atoms with van der Waals surface area (Å²) in [5.41, 5.74) is 8.17. The molecule has 0 fully saturated rings. The minimum Gasteiger partial charge on any atom is -0.493 e. The highest BCUT2D eigenvalue weighted by atomic mass is 19.1. The molecule has 0 bridgehead atoms. The molecule has 2 aromatic carbocycles. The Morgan fingerprint density at radius 2 is 1.78 bits per heavy atom. The second kappa shape index (κ2) is 9.31. The summed E-state index contributed by atoms with van der Waals surface area (Å²) in [5, 5.41) is 0. The number of rotatable bonds is 9. The van der Waals surface area contributed by atoms with E-state index < -0.39 is 0 Å². The maximum atomic E-state index is 13.1. The maximum absolute atomic E-state index is 13.1. The number of nitrogens with two attached hydrogens (primary N) is 1. The van der Waals surface area contributed by atoms with Crippen molar-refractivity contribution in [2.24, 2.45) is 5.73 Å². The highest BCUT2D eigenvalue weighted by Crippen LogP contribution is 2.26. The Morgan fingerprint density at radius 1 is 1.04 bits per heavy atom. The number of halogens is 1. The lowest BCUT2D eigenvalue weighted by molar-refractivity contribution is 0.302. The van der Waals surface area contributed by atoms with Gasteiger partial charge in [-0.3, -0.25) is 0 Å². The molecule has 2 aromatic rings. The topological polar surface area (TPSA) is 35.2 Å². The minimum atomic E-state index is -0.218. The van der Waals surface area contributed by atoms with Gasteiger partial charge in [0.15, 0.2) is 0 Å². The molecule has 0 radical (unpaired) electrons. The summed E-state index contributed by atoms with van der Waals surface area (Å²) in [6, 6.07) is 14.7. The molecule has 0 aromatic heterocycles. The molecule has 0 aliphatic heterocycles. The van der Waals surface area contributed by atoms with Gasteiger partial charge in [0.1, 0.15) is 11.6 Å². The van der Waals surface area contributed by atoms with Crippen molar-refractivity contribution in [1.29, 1.82) is 0 Å². The van der Waals surface area contributed by atoms with Crippen LogP contribution in [0.5, 0.6) is 5.75 Å². The van der Waals surface area contributed by atoms with Crippen LogP contribution in [0.3, 0.4) is 0 Å². The quantitative estimate of drug-likeness (QED) is 0.682. The Bertz CT molecular complexity index is 582. The third kappa shape index (κ3) is 5.36. The smallest absolute Gasteiger partial charge is 0.123 e. The molecule has 0 aliphatic carbocycles. The fourth-order valence-corrected chi connectivity index (χ4v) is 2.69. The third-order valence-electron chi connectivity index (χ3n) is 4.07. The van der Waals surface area contributed by atoms with Gasteiger partial charge in [0.05, 0.1) is 6.61 Å². The van der Waals surface area contributed by atoms with Crippen molar-refractivity contribution in [2.45, 2.75) is 38.5 Å². The van der Waals surface area contributed by atoms with Gasteiger partial charge >= 0.3 is 0 Å². The summed E-state index contributed by atoms with van der Waals surface area (Å²) in [6.45, 7) is 3.45. The lowest BCUT2D eigenvalue weighted by atomic mass is 9.91. The number of hydrogen-bond donors (Lipinski definition) is 1. The van der Waals surface area contributed by atoms with E-state index in [9.17, 15) is 4.39 Å². The SMILES string of the molecule is CCCCCOc1ccccc1CC(CN)c1ccc(F)cc1. The van der Waals surface area contributed by atoms with Crippen LogP contribution in [0.4, 0.5) is 4.39 Å². The summed E-state index contributed by atoms with van der Waals surface area (Å²) < 4.78 is 19.0. The number of unbranched alkanes of at least 4 members (excludes halogenated alkanes) is 2. The summed E-state index contributed by atoms with van der Waals surface area (Å²) in [7, 11) is 0. The zero-order chi connectivity index (χ0) is 16.5. The summed E-state index contributed by atoms with van der Waals surface area (Å²) in [6.07, 6.45) is 4.24. The molecule has 2 nitrogen and oxygen atoms in total. The van der Waals surface area contributed by atoms with Gasteiger partial charge in [-0.25, -0.2) is 4.39 Å². The molecule has 124 valence electrons. The normalized spacial score (nSPS) is 12.1. The van der Waals surface area contributed by atoms with Crippen LogP contribution in [-0.4, -0.2) is 13.2 Å². The number of benzene rings is 2. The average molecular weight is 315 g/mol. The molecule has 0 spiro atoms. The zero-order valence-electron chi connectivity index (χ0n) is 13.8. The lowest BCUT2D eigenvalue weighted by Gasteiger charge is -2.18. The Hall–Kier alpha value is -1.87. The highest BCUT2D eigenvalue weighted by Gasteiger charge is 2.13. The van der Waals surface area contributed by atoms with Gasteiger partial charge in [0, 0.05) is 5.92 Å². The Kier molecular flexibility index (Phi) is 7.08. The van der Waals surface area contributed by atoms with Crippen molar-refractivity contribution in [3.63, 3.8) is 0 Å². The Balaban J connectivity index is 2.06. The molecule has 1 unspecified atom stereocenters. The van der Waals surface area contributed by atoms with E-state index in [1.807, 2.05) is 30.3 Å². The van der Waals surface area contributed by atoms with E-state index in [0.29, 0.717) is 6.54 Å². The summed E-state index contributed by atoms with van der Waals surface area (Å²) in [5.74, 6) is 0.879. The van der Waals surface area contributed by atoms with Crippen molar-refractivity contribution in [1.82, 2.24) is 0 Å². The van der Waals surface area contributed by atoms with Crippen LogP contribution in [0.1, 0.15) is 43.2 Å². The molecule has 0 aliphatic rings. The number of ether oxygens (including phenoxy) is 1. The first-order chi connectivity index (χ1) is 11.2. The molecule has 0 saturated carbocycles. The predicted molar refractivity (Wildman–Crippen MR) is 93.4 cm³/mol. The molecule has 2 N–H and O–H groups in total. The summed E-state index contributed by atoms with van der Waals surface area (Å²) in [4.78, 5) is 0. The molecule has 0 saturated heterocycles. The van der Waals surface area contributed by atoms with Gasteiger partial charge in [0.25, 0.3) is 0 Å². The van der Waals surface area contributed by atoms with Gasteiger partial charge in [-0.05, 0) is 48.7 Å². The van der Waals surface area contributed by atoms with Gasteiger partial charge in [-0.1, -0.05) is 50.1 Å². The molecular weight excluding hydrogens is 289 g/mol. The van der Waals surface area contributed by atoms with Gasteiger partial charge in [-0.2, -0.15) is 0 Å². The fraction of sp³-hybridized carbons (Fsp3) is 0.400. The van der Waals surface area contributed by atoms with Gasteiger partial charge in [-0.15, -0.1) is 0 Å². The lowest BCUT2D eigenvalue weighted by Crippen LogP contribution is -2.15. The van der Waals surface area contributed by atoms with Crippen molar-refractivity contribution in [2.75, 3.05) is 13.2 Å². The van der Waals surface area contributed by atoms with Crippen molar-refractivity contribution in [3.8, 4) is 5.75 Å². The number of para-hydroxylation sites is 1. The van der Waals surface area contributed by atoms with Crippen LogP contribution >= 0.6 is 0 Å². The van der Waals surface area contributed by atoms with Gasteiger partial charge in [0.2, 0.25) is 0 Å². The van der Waals surface area contributed by atoms with Crippen LogP contribution in [0.25, 0.3) is 0 Å². The Labute approximate surface area is 138 Å². The fourth-order valence-electron chi connectivity index (χ4n) is 2.69. The number of hydrogen-bond acceptors (Lipinski definition) is 2. The first-order valence-corrected chi connectivity index (χ1v) is 8.40. The Morgan fingerprint density at radius 3 is 2.48 bits per heavy atom. The van der Waals surface area contributed by atoms with E-state index in [4.69, 9.17) is 10.5 Å². The highest BCUT2D eigenvalue weighted by molar-refractivity contribution is 5.35. The molecule has 0 heterocycles. The standard InChI is InChI=1S/C20H26FNO/c1-2-3-6-13-23-20-8-5-4-7-17(20)14-18(15-22)16-9-11-19(21)12-10-16/h4-5,7-12,18H,2-3,6,13-15,22H2,1H3. The van der Waals surface area contributed by atoms with Crippen molar-refractivity contribution < 1.29 is 9.13 Å². The summed E-state index contributed by atoms with van der Waals surface area (Å²) >= 11 is 0. The van der Waals surface area contributed by atoms with Crippen LogP contribution in [0, 0.1) is 5.82 Å². The van der Waals surface area contributed by atoms with E-state index >= 15 is 0 Å². The van der Waals surface area contributed by atoms with E-state index in [1.165, 1.54) is 25.0 Å². The van der Waals surface area contributed by atoms with E-state index in [0.717, 1.165) is 36.3 Å². The maximum Gasteiger partial charge on any atom is 0.123 e. The molecule has 3 heteroatoms. The van der Waals surface area contributed by atoms with Gasteiger partial charge < -0.3 is 10.5 Å². The van der Waals surface area contributed by atoms with E-state index in [1.54, 1.807) is 0 Å². The first-order valence-electron chi connectivity index (χ1n) is 8.40. The molecular formula is C20H26FNO. The van der Waals surface area contributed by atoms with Crippen LogP contribution < -0.4 is 10.5 Å². The second-order valence-electron chi connectivity index (χ2n) is 5.85. The predicted octanol–water partition coefficient (Wildman–Crippen LogP) is 4.68. The van der Waals surface area contributed by atoms with E-state index in [2.05, 4.69) is 13.0 Å². The zero-order valence-corrected chi connectivity index (χ0v) is 13.8. The molecule has 0 amide bonds.